The number of benzene rings is 2. The summed E-state index contributed by atoms with van der Waals surface area (Å²) in [5, 5.41) is 25.5. The van der Waals surface area contributed by atoms with E-state index in [1.807, 2.05) is 81.4 Å². The number of carbonyl (C=O) groups excluding carboxylic acids is 2. The Hall–Kier alpha value is -4.19. The zero-order valence-electron chi connectivity index (χ0n) is 30.2. The first-order valence-corrected chi connectivity index (χ1v) is 17.1. The smallest absolute Gasteiger partial charge is 0.323 e. The molecule has 2 aromatic rings. The summed E-state index contributed by atoms with van der Waals surface area (Å²) < 4.78 is 35.5. The van der Waals surface area contributed by atoms with Crippen molar-refractivity contribution < 1.29 is 45.2 Å². The molecule has 0 fully saturated rings. The summed E-state index contributed by atoms with van der Waals surface area (Å²) in [6.45, 7) is 11.0. The highest BCUT2D eigenvalue weighted by Crippen LogP contribution is 2.27. The van der Waals surface area contributed by atoms with Gasteiger partial charge in [-0.1, -0.05) is 24.3 Å². The number of nitrogens with two attached hydrogens (primary N) is 1. The van der Waals surface area contributed by atoms with Crippen LogP contribution in [0.25, 0.3) is 0 Å². The van der Waals surface area contributed by atoms with Gasteiger partial charge < -0.3 is 37.1 Å². The molecule has 50 heavy (non-hydrogen) atoms. The molecule has 0 amide bonds. The highest BCUT2D eigenvalue weighted by Gasteiger charge is 2.27. The molecule has 0 spiro atoms. The molecule has 0 saturated heterocycles. The Kier molecular flexibility index (Phi) is 25.5. The fraction of sp³-hybridized carbons (Fsp3) is 0.528. The third-order valence-electron chi connectivity index (χ3n) is 6.79. The van der Waals surface area contributed by atoms with Crippen LogP contribution in [0.5, 0.6) is 11.5 Å². The van der Waals surface area contributed by atoms with Crippen molar-refractivity contribution in [3.05, 3.63) is 59.7 Å². The third-order valence-corrected chi connectivity index (χ3v) is 8.40. The van der Waals surface area contributed by atoms with Crippen LogP contribution < -0.4 is 32.3 Å². The Morgan fingerprint density at radius 2 is 1.24 bits per heavy atom. The number of ether oxygens (including phenoxy) is 4. The van der Waals surface area contributed by atoms with Crippen LogP contribution >= 0.6 is 0 Å². The van der Waals surface area contributed by atoms with Crippen LogP contribution in [0.3, 0.4) is 0 Å². The number of carbonyl (C=O) groups is 2. The highest BCUT2D eigenvalue weighted by molar-refractivity contribution is 7.84. The Morgan fingerprint density at radius 3 is 1.64 bits per heavy atom. The molecule has 0 heterocycles. The van der Waals surface area contributed by atoms with E-state index in [9.17, 15) is 19.1 Å². The molecule has 276 valence electrons. The van der Waals surface area contributed by atoms with E-state index in [0.29, 0.717) is 31.4 Å². The van der Waals surface area contributed by atoms with Crippen molar-refractivity contribution in [3.63, 3.8) is 0 Å². The summed E-state index contributed by atoms with van der Waals surface area (Å²) in [5.74, 6) is -1.16. The number of nitrogens with zero attached hydrogens (tertiary/aromatic N) is 3. The second kappa shape index (κ2) is 26.6. The van der Waals surface area contributed by atoms with Gasteiger partial charge in [0.05, 0.1) is 61.4 Å². The average molecular weight is 733 g/mol. The largest absolute Gasteiger partial charge is 1.00 e. The zero-order valence-corrected chi connectivity index (χ0v) is 31.8. The van der Waals surface area contributed by atoms with Crippen LogP contribution in [-0.4, -0.2) is 48.3 Å². The molecular formula is C36H51ClN5O7S-. The minimum absolute atomic E-state index is 0. The van der Waals surface area contributed by atoms with Crippen molar-refractivity contribution in [3.8, 4) is 29.7 Å². The van der Waals surface area contributed by atoms with Crippen LogP contribution in [-0.2, 0) is 30.0 Å². The molecule has 2 unspecified atom stereocenters. The molecule has 14 heteroatoms. The highest BCUT2D eigenvalue weighted by atomic mass is 35.5. The molecule has 3 N–H and O–H groups in total. The second-order valence-corrected chi connectivity index (χ2v) is 13.5. The van der Waals surface area contributed by atoms with Crippen molar-refractivity contribution in [2.24, 2.45) is 17.6 Å². The molecule has 2 rings (SSSR count). The molecule has 0 saturated carbocycles. The van der Waals surface area contributed by atoms with E-state index in [1.165, 1.54) is 6.92 Å². The Morgan fingerprint density at radius 1 is 0.820 bits per heavy atom. The first-order chi connectivity index (χ1) is 23.3. The van der Waals surface area contributed by atoms with Gasteiger partial charge in [-0.05, 0) is 95.7 Å². The van der Waals surface area contributed by atoms with Crippen molar-refractivity contribution in [1.29, 1.82) is 15.8 Å². The second-order valence-electron chi connectivity index (χ2n) is 11.5. The number of halogens is 1. The predicted octanol–water partition coefficient (Wildman–Crippen LogP) is 2.98. The Labute approximate surface area is 306 Å². The maximum atomic E-state index is 12.6. The summed E-state index contributed by atoms with van der Waals surface area (Å²) in [4.78, 5) is 23.4. The first kappa shape index (κ1) is 47.9. The van der Waals surface area contributed by atoms with E-state index >= 15 is 0 Å². The molecule has 0 aliphatic heterocycles. The van der Waals surface area contributed by atoms with Crippen LogP contribution in [0.15, 0.2) is 48.5 Å². The van der Waals surface area contributed by atoms with E-state index in [1.54, 1.807) is 34.1 Å². The fourth-order valence-corrected chi connectivity index (χ4v) is 5.00. The first-order valence-electron chi connectivity index (χ1n) is 15.9. The molecule has 0 aliphatic carbocycles. The lowest BCUT2D eigenvalue weighted by Gasteiger charge is -2.25. The lowest BCUT2D eigenvalue weighted by Crippen LogP contribution is -3.00. The normalized spacial score (nSPS) is 13.1. The predicted molar refractivity (Wildman–Crippen MR) is 188 cm³/mol. The summed E-state index contributed by atoms with van der Waals surface area (Å²) in [6, 6.07) is 20.1. The Balaban J connectivity index is 0. The number of nitrogens with one attached hydrogen (secondary N) is 1. The lowest BCUT2D eigenvalue weighted by atomic mass is 9.97. The number of rotatable bonds is 16. The SMILES string of the molecule is CC#N.CCOC(=O)C(C#N)CC[C@@H](N)c1cccc(OC)c1.CCOC(=O)C(C#N)CC[C@@H](N[S@](=O)C(C)(C)C)c1cccc(OC)c1.[Cl-]. The molecule has 0 radical (unpaired) electrons. The maximum absolute atomic E-state index is 12.6. The number of esters is 2. The van der Waals surface area contributed by atoms with Gasteiger partial charge in [0.2, 0.25) is 0 Å². The molecule has 0 aliphatic rings. The molecular weight excluding hydrogens is 682 g/mol. The van der Waals surface area contributed by atoms with Crippen LogP contribution in [0.2, 0.25) is 0 Å². The van der Waals surface area contributed by atoms with E-state index in [4.69, 9.17) is 35.2 Å². The number of nitriles is 3. The standard InChI is InChI=1S/C19H28N2O4S.C15H20N2O3.C2H3N.ClH/c1-6-25-18(22)15(13-20)10-11-17(21-26(23)19(2,3)4)14-8-7-9-16(12-14)24-5;1-3-20-15(18)12(10-16)7-8-14(17)11-5-4-6-13(9-11)19-2;1-2-3;/h7-9,12,15,17,21H,6,10-11H2,1-5H3;4-6,9,12,14H,3,7-8,17H2,1-2H3;1H3;1H/p-1/t15?,17-,26-;12?,14-;;/m11../s1. The van der Waals surface area contributed by atoms with Gasteiger partial charge in [0.25, 0.3) is 0 Å². The minimum Gasteiger partial charge on any atom is -1.00 e. The summed E-state index contributed by atoms with van der Waals surface area (Å²) in [6.07, 6.45) is 1.69. The van der Waals surface area contributed by atoms with Crippen molar-refractivity contribution in [1.82, 2.24) is 4.72 Å². The molecule has 12 nitrogen and oxygen atoms in total. The number of hydrogen-bond acceptors (Lipinski definition) is 11. The van der Waals surface area contributed by atoms with Gasteiger partial charge in [0.1, 0.15) is 23.3 Å². The molecule has 5 atom stereocenters. The molecule has 0 bridgehead atoms. The van der Waals surface area contributed by atoms with Gasteiger partial charge in [0.15, 0.2) is 0 Å². The quantitative estimate of drug-likeness (QED) is 0.241. The monoisotopic (exact) mass is 732 g/mol. The molecule has 0 aromatic heterocycles. The van der Waals surface area contributed by atoms with Crippen LogP contribution in [0, 0.1) is 45.8 Å². The van der Waals surface area contributed by atoms with Crippen molar-refractivity contribution in [2.45, 2.75) is 84.1 Å². The number of methoxy groups -OCH3 is 2. The topological polar surface area (TPSA) is 198 Å². The van der Waals surface area contributed by atoms with Crippen molar-refractivity contribution >= 4 is 22.9 Å². The van der Waals surface area contributed by atoms with Crippen molar-refractivity contribution in [2.75, 3.05) is 27.4 Å². The van der Waals surface area contributed by atoms with Gasteiger partial charge in [0, 0.05) is 19.0 Å². The summed E-state index contributed by atoms with van der Waals surface area (Å²) in [5.41, 5.74) is 7.89. The maximum Gasteiger partial charge on any atom is 0.323 e. The average Bonchev–Trinajstić information content (AvgIpc) is 3.08. The van der Waals surface area contributed by atoms with Gasteiger partial charge in [-0.25, -0.2) is 8.93 Å². The van der Waals surface area contributed by atoms with Gasteiger partial charge in [-0.2, -0.15) is 15.8 Å². The number of hydrogen-bond donors (Lipinski definition) is 2. The minimum atomic E-state index is -1.30. The summed E-state index contributed by atoms with van der Waals surface area (Å²) >= 11 is 0. The lowest BCUT2D eigenvalue weighted by molar-refractivity contribution is -0.147. The zero-order chi connectivity index (χ0) is 37.4. The van der Waals surface area contributed by atoms with E-state index in [-0.39, 0.29) is 37.7 Å². The molecule has 2 aromatic carbocycles. The van der Waals surface area contributed by atoms with Crippen LogP contribution in [0.4, 0.5) is 0 Å². The third kappa shape index (κ3) is 18.5. The van der Waals surface area contributed by atoms with E-state index in [2.05, 4.69) is 4.72 Å². The Bertz CT molecular complexity index is 1450. The van der Waals surface area contributed by atoms with Gasteiger partial charge in [-0.3, -0.25) is 9.59 Å². The van der Waals surface area contributed by atoms with Gasteiger partial charge in [-0.15, -0.1) is 0 Å². The fourth-order valence-electron chi connectivity index (χ4n) is 4.13. The van der Waals surface area contributed by atoms with E-state index < -0.39 is 39.5 Å². The van der Waals surface area contributed by atoms with E-state index in [0.717, 1.165) is 16.9 Å². The van der Waals surface area contributed by atoms with Gasteiger partial charge >= 0.3 is 11.9 Å². The summed E-state index contributed by atoms with van der Waals surface area (Å²) in [7, 11) is 1.88. The van der Waals surface area contributed by atoms with Crippen LogP contribution in [0.1, 0.15) is 90.4 Å².